The Kier molecular flexibility index (Phi) is 4.87. The average Bonchev–Trinajstić information content (AvgIpc) is 2.40. The quantitative estimate of drug-likeness (QED) is 0.908. The maximum atomic E-state index is 6.19. The van der Waals surface area contributed by atoms with E-state index in [1.807, 2.05) is 19.2 Å². The number of benzene rings is 1. The molecule has 0 radical (unpaired) electrons. The zero-order valence-electron chi connectivity index (χ0n) is 11.1. The van der Waals surface area contributed by atoms with Crippen LogP contribution >= 0.6 is 11.6 Å². The lowest BCUT2D eigenvalue weighted by molar-refractivity contribution is 0.0357. The van der Waals surface area contributed by atoms with Gasteiger partial charge in [0.15, 0.2) is 0 Å². The Hall–Kier alpha value is -0.770. The highest BCUT2D eigenvalue weighted by Crippen LogP contribution is 2.28. The van der Waals surface area contributed by atoms with Gasteiger partial charge in [-0.3, -0.25) is 0 Å². The van der Waals surface area contributed by atoms with Crippen LogP contribution in [0, 0.1) is 6.92 Å². The van der Waals surface area contributed by atoms with Crippen LogP contribution in [0.2, 0.25) is 5.02 Å². The van der Waals surface area contributed by atoms with E-state index < -0.39 is 0 Å². The van der Waals surface area contributed by atoms with Crippen molar-refractivity contribution in [3.8, 4) is 0 Å². The monoisotopic (exact) mass is 268 g/mol. The molecule has 1 aromatic rings. The topological polar surface area (TPSA) is 24.5 Å². The Morgan fingerprint density at radius 1 is 1.50 bits per heavy atom. The van der Waals surface area contributed by atoms with E-state index in [2.05, 4.69) is 23.2 Å². The van der Waals surface area contributed by atoms with Crippen LogP contribution in [0.4, 0.5) is 5.69 Å². The third-order valence-corrected chi connectivity index (χ3v) is 3.84. The van der Waals surface area contributed by atoms with Crippen LogP contribution in [0.5, 0.6) is 0 Å². The van der Waals surface area contributed by atoms with Crippen molar-refractivity contribution >= 4 is 17.3 Å². The van der Waals surface area contributed by atoms with E-state index in [0.717, 1.165) is 43.2 Å². The fourth-order valence-corrected chi connectivity index (χ4v) is 2.53. The minimum absolute atomic E-state index is 0.310. The van der Waals surface area contributed by atoms with E-state index in [1.165, 1.54) is 5.69 Å². The first-order valence-electron chi connectivity index (χ1n) is 6.48. The molecule has 0 saturated carbocycles. The van der Waals surface area contributed by atoms with Gasteiger partial charge in [-0.05, 0) is 44.6 Å². The molecule has 1 saturated heterocycles. The zero-order chi connectivity index (χ0) is 13.0. The summed E-state index contributed by atoms with van der Waals surface area (Å²) >= 11 is 6.19. The molecule has 1 atom stereocenters. The van der Waals surface area contributed by atoms with E-state index in [0.29, 0.717) is 6.10 Å². The van der Waals surface area contributed by atoms with Gasteiger partial charge >= 0.3 is 0 Å². The minimum atomic E-state index is 0.310. The number of ether oxygens (including phenoxy) is 1. The molecule has 1 aliphatic rings. The molecule has 2 rings (SSSR count). The van der Waals surface area contributed by atoms with Gasteiger partial charge in [-0.15, -0.1) is 0 Å². The van der Waals surface area contributed by atoms with Gasteiger partial charge < -0.3 is 15.0 Å². The number of hydrogen-bond acceptors (Lipinski definition) is 3. The van der Waals surface area contributed by atoms with Crippen molar-refractivity contribution in [2.45, 2.75) is 19.4 Å². The lowest BCUT2D eigenvalue weighted by atomic mass is 10.1. The van der Waals surface area contributed by atoms with Crippen molar-refractivity contribution in [1.82, 2.24) is 5.32 Å². The smallest absolute Gasteiger partial charge is 0.0762 e. The second kappa shape index (κ2) is 6.41. The molecular formula is C14H21ClN2O. The first-order valence-corrected chi connectivity index (χ1v) is 6.86. The van der Waals surface area contributed by atoms with Gasteiger partial charge in [0, 0.05) is 23.8 Å². The standard InChI is InChI=1S/C14H21ClN2O/c1-11-13(15)4-3-5-14(11)17-8-9-18-12(10-17)6-7-16-2/h3-5,12,16H,6-10H2,1-2H3. The second-order valence-corrected chi connectivity index (χ2v) is 5.12. The van der Waals surface area contributed by atoms with Crippen molar-refractivity contribution in [2.75, 3.05) is 38.2 Å². The molecule has 0 amide bonds. The number of morpholine rings is 1. The first-order chi connectivity index (χ1) is 8.72. The average molecular weight is 269 g/mol. The molecule has 1 fully saturated rings. The molecule has 3 nitrogen and oxygen atoms in total. The Balaban J connectivity index is 2.06. The predicted molar refractivity (Wildman–Crippen MR) is 76.7 cm³/mol. The van der Waals surface area contributed by atoms with Crippen LogP contribution in [0.25, 0.3) is 0 Å². The van der Waals surface area contributed by atoms with Gasteiger partial charge in [-0.25, -0.2) is 0 Å². The van der Waals surface area contributed by atoms with Gasteiger partial charge in [-0.2, -0.15) is 0 Å². The predicted octanol–water partition coefficient (Wildman–Crippen LogP) is 2.46. The molecule has 100 valence electrons. The Bertz CT molecular complexity index is 397. The van der Waals surface area contributed by atoms with Crippen LogP contribution in [-0.2, 0) is 4.74 Å². The molecule has 0 aliphatic carbocycles. The summed E-state index contributed by atoms with van der Waals surface area (Å²) in [6.45, 7) is 5.75. The highest BCUT2D eigenvalue weighted by molar-refractivity contribution is 6.31. The third kappa shape index (κ3) is 3.16. The summed E-state index contributed by atoms with van der Waals surface area (Å²) in [7, 11) is 1.97. The van der Waals surface area contributed by atoms with Gasteiger partial charge in [0.25, 0.3) is 0 Å². The molecule has 4 heteroatoms. The molecule has 1 N–H and O–H groups in total. The van der Waals surface area contributed by atoms with E-state index in [1.54, 1.807) is 0 Å². The van der Waals surface area contributed by atoms with Crippen LogP contribution < -0.4 is 10.2 Å². The molecule has 1 aromatic carbocycles. The molecule has 1 unspecified atom stereocenters. The first kappa shape index (κ1) is 13.7. The molecular weight excluding hydrogens is 248 g/mol. The molecule has 0 spiro atoms. The van der Waals surface area contributed by atoms with Crippen molar-refractivity contribution in [3.05, 3.63) is 28.8 Å². The van der Waals surface area contributed by atoms with Crippen molar-refractivity contribution in [2.24, 2.45) is 0 Å². The molecule has 18 heavy (non-hydrogen) atoms. The van der Waals surface area contributed by atoms with Crippen molar-refractivity contribution < 1.29 is 4.74 Å². The fraction of sp³-hybridized carbons (Fsp3) is 0.571. The number of halogens is 1. The lowest BCUT2D eigenvalue weighted by Crippen LogP contribution is -2.43. The molecule has 0 bridgehead atoms. The zero-order valence-corrected chi connectivity index (χ0v) is 11.8. The highest BCUT2D eigenvalue weighted by Gasteiger charge is 2.21. The van der Waals surface area contributed by atoms with E-state index in [-0.39, 0.29) is 0 Å². The number of hydrogen-bond donors (Lipinski definition) is 1. The van der Waals surface area contributed by atoms with Gasteiger partial charge in [0.05, 0.1) is 12.7 Å². The summed E-state index contributed by atoms with van der Waals surface area (Å²) in [5, 5.41) is 4.01. The van der Waals surface area contributed by atoms with E-state index in [9.17, 15) is 0 Å². The molecule has 1 aliphatic heterocycles. The fourth-order valence-electron chi connectivity index (χ4n) is 2.36. The number of anilines is 1. The highest BCUT2D eigenvalue weighted by atomic mass is 35.5. The summed E-state index contributed by atoms with van der Waals surface area (Å²) in [5.41, 5.74) is 2.40. The van der Waals surface area contributed by atoms with Gasteiger partial charge in [0.1, 0.15) is 0 Å². The van der Waals surface area contributed by atoms with Crippen LogP contribution in [0.15, 0.2) is 18.2 Å². The normalized spacial score (nSPS) is 20.2. The van der Waals surface area contributed by atoms with Crippen molar-refractivity contribution in [1.29, 1.82) is 0 Å². The number of rotatable bonds is 4. The molecule has 0 aromatic heterocycles. The number of nitrogens with zero attached hydrogens (tertiary/aromatic N) is 1. The Morgan fingerprint density at radius 3 is 3.11 bits per heavy atom. The molecule has 1 heterocycles. The van der Waals surface area contributed by atoms with E-state index in [4.69, 9.17) is 16.3 Å². The lowest BCUT2D eigenvalue weighted by Gasteiger charge is -2.35. The summed E-state index contributed by atoms with van der Waals surface area (Å²) < 4.78 is 5.79. The maximum Gasteiger partial charge on any atom is 0.0762 e. The Labute approximate surface area is 114 Å². The third-order valence-electron chi connectivity index (χ3n) is 3.43. The Morgan fingerprint density at radius 2 is 2.33 bits per heavy atom. The summed E-state index contributed by atoms with van der Waals surface area (Å²) in [6, 6.07) is 6.10. The maximum absolute atomic E-state index is 6.19. The van der Waals surface area contributed by atoms with Gasteiger partial charge in [-0.1, -0.05) is 17.7 Å². The summed E-state index contributed by atoms with van der Waals surface area (Å²) in [4.78, 5) is 2.38. The largest absolute Gasteiger partial charge is 0.374 e. The van der Waals surface area contributed by atoms with Crippen LogP contribution in [0.3, 0.4) is 0 Å². The minimum Gasteiger partial charge on any atom is -0.374 e. The SMILES string of the molecule is CNCCC1CN(c2cccc(Cl)c2C)CCO1. The van der Waals surface area contributed by atoms with E-state index >= 15 is 0 Å². The number of nitrogens with one attached hydrogen (secondary N) is 1. The van der Waals surface area contributed by atoms with Crippen LogP contribution in [0.1, 0.15) is 12.0 Å². The summed E-state index contributed by atoms with van der Waals surface area (Å²) in [5.74, 6) is 0. The second-order valence-electron chi connectivity index (χ2n) is 4.72. The van der Waals surface area contributed by atoms with Crippen molar-refractivity contribution in [3.63, 3.8) is 0 Å². The van der Waals surface area contributed by atoms with Crippen LogP contribution in [-0.4, -0.2) is 39.4 Å². The van der Waals surface area contributed by atoms with Gasteiger partial charge in [0.2, 0.25) is 0 Å². The summed E-state index contributed by atoms with van der Waals surface area (Å²) in [6.07, 6.45) is 1.36.